The Kier molecular flexibility index (Phi) is 4.77. The van der Waals surface area contributed by atoms with Gasteiger partial charge in [-0.25, -0.2) is 8.78 Å². The van der Waals surface area contributed by atoms with Crippen LogP contribution in [0.25, 0.3) is 0 Å². The summed E-state index contributed by atoms with van der Waals surface area (Å²) in [7, 11) is 0. The summed E-state index contributed by atoms with van der Waals surface area (Å²) in [6, 6.07) is 4.46. The molecule has 0 bridgehead atoms. The molecule has 0 aliphatic heterocycles. The van der Waals surface area contributed by atoms with Crippen molar-refractivity contribution in [2.45, 2.75) is 26.4 Å². The summed E-state index contributed by atoms with van der Waals surface area (Å²) in [6.07, 6.45) is 1.80. The molecule has 2 rings (SSSR count). The Morgan fingerprint density at radius 1 is 1.38 bits per heavy atom. The van der Waals surface area contributed by atoms with E-state index < -0.39 is 17.7 Å². The standard InChI is InChI=1S/C15H15BrF2N2O/c1-3-20-8-10(16)6-14(20)15(21)19-9(2)12-5-4-11(17)7-13(12)18/h4-9H,3H2,1-2H3,(H,19,21). The van der Waals surface area contributed by atoms with Crippen molar-refractivity contribution in [3.05, 3.63) is 57.8 Å². The first kappa shape index (κ1) is 15.7. The average Bonchev–Trinajstić information content (AvgIpc) is 2.79. The highest BCUT2D eigenvalue weighted by Crippen LogP contribution is 2.20. The van der Waals surface area contributed by atoms with Crippen LogP contribution in [-0.4, -0.2) is 10.5 Å². The number of nitrogens with zero attached hydrogens (tertiary/aromatic N) is 1. The number of rotatable bonds is 4. The number of benzene rings is 1. The minimum absolute atomic E-state index is 0.249. The molecule has 0 saturated heterocycles. The Hall–Kier alpha value is -1.69. The van der Waals surface area contributed by atoms with E-state index in [9.17, 15) is 13.6 Å². The monoisotopic (exact) mass is 356 g/mol. The van der Waals surface area contributed by atoms with Gasteiger partial charge in [-0.05, 0) is 41.9 Å². The molecule has 6 heteroatoms. The number of amides is 1. The van der Waals surface area contributed by atoms with Crippen LogP contribution < -0.4 is 5.32 Å². The normalized spacial score (nSPS) is 12.2. The smallest absolute Gasteiger partial charge is 0.268 e. The topological polar surface area (TPSA) is 34.0 Å². The zero-order valence-corrected chi connectivity index (χ0v) is 13.2. The zero-order valence-electron chi connectivity index (χ0n) is 11.7. The quantitative estimate of drug-likeness (QED) is 0.881. The molecule has 1 aromatic heterocycles. The van der Waals surface area contributed by atoms with E-state index in [0.717, 1.165) is 10.5 Å². The van der Waals surface area contributed by atoms with Gasteiger partial charge in [-0.1, -0.05) is 6.07 Å². The molecule has 0 spiro atoms. The first-order valence-electron chi connectivity index (χ1n) is 6.53. The SMILES string of the molecule is CCn1cc(Br)cc1C(=O)NC(C)c1ccc(F)cc1F. The largest absolute Gasteiger partial charge is 0.344 e. The molecule has 1 heterocycles. The van der Waals surface area contributed by atoms with Gasteiger partial charge in [-0.2, -0.15) is 0 Å². The van der Waals surface area contributed by atoms with Gasteiger partial charge in [0.1, 0.15) is 17.3 Å². The minimum Gasteiger partial charge on any atom is -0.344 e. The van der Waals surface area contributed by atoms with E-state index in [2.05, 4.69) is 21.2 Å². The third-order valence-electron chi connectivity index (χ3n) is 3.21. The molecule has 21 heavy (non-hydrogen) atoms. The third kappa shape index (κ3) is 3.50. The highest BCUT2D eigenvalue weighted by molar-refractivity contribution is 9.10. The molecule has 2 aromatic rings. The first-order valence-corrected chi connectivity index (χ1v) is 7.33. The number of aryl methyl sites for hydroxylation is 1. The number of hydrogen-bond donors (Lipinski definition) is 1. The molecule has 0 aliphatic carbocycles. The number of nitrogens with one attached hydrogen (secondary N) is 1. The van der Waals surface area contributed by atoms with Crippen molar-refractivity contribution in [2.24, 2.45) is 0 Å². The lowest BCUT2D eigenvalue weighted by molar-refractivity contribution is 0.0930. The Morgan fingerprint density at radius 2 is 2.10 bits per heavy atom. The predicted molar refractivity (Wildman–Crippen MR) is 80.0 cm³/mol. The van der Waals surface area contributed by atoms with E-state index in [0.29, 0.717) is 12.2 Å². The predicted octanol–water partition coefficient (Wildman–Crippen LogP) is 4.04. The maximum absolute atomic E-state index is 13.7. The van der Waals surface area contributed by atoms with Crippen molar-refractivity contribution in [3.8, 4) is 0 Å². The van der Waals surface area contributed by atoms with Crippen molar-refractivity contribution < 1.29 is 13.6 Å². The zero-order chi connectivity index (χ0) is 15.6. The number of carbonyl (C=O) groups is 1. The molecule has 1 unspecified atom stereocenters. The van der Waals surface area contributed by atoms with Crippen molar-refractivity contribution >= 4 is 21.8 Å². The van der Waals surface area contributed by atoms with Crippen molar-refractivity contribution in [1.29, 1.82) is 0 Å². The van der Waals surface area contributed by atoms with Crippen LogP contribution in [-0.2, 0) is 6.54 Å². The van der Waals surface area contributed by atoms with Gasteiger partial charge in [-0.3, -0.25) is 4.79 Å². The number of aromatic nitrogens is 1. The van der Waals surface area contributed by atoms with Gasteiger partial charge in [0.05, 0.1) is 6.04 Å². The van der Waals surface area contributed by atoms with Crippen LogP contribution in [0.2, 0.25) is 0 Å². The maximum Gasteiger partial charge on any atom is 0.268 e. The van der Waals surface area contributed by atoms with E-state index in [-0.39, 0.29) is 11.5 Å². The van der Waals surface area contributed by atoms with Crippen LogP contribution >= 0.6 is 15.9 Å². The lowest BCUT2D eigenvalue weighted by Crippen LogP contribution is -2.29. The highest BCUT2D eigenvalue weighted by atomic mass is 79.9. The second-order valence-electron chi connectivity index (χ2n) is 4.69. The van der Waals surface area contributed by atoms with Crippen LogP contribution in [0.4, 0.5) is 8.78 Å². The molecule has 112 valence electrons. The van der Waals surface area contributed by atoms with Gasteiger partial charge in [-0.15, -0.1) is 0 Å². The first-order chi connectivity index (χ1) is 9.92. The number of halogens is 3. The van der Waals surface area contributed by atoms with Gasteiger partial charge in [0.2, 0.25) is 0 Å². The average molecular weight is 357 g/mol. The van der Waals surface area contributed by atoms with Gasteiger partial charge in [0.25, 0.3) is 5.91 Å². The molecule has 1 amide bonds. The molecule has 0 radical (unpaired) electrons. The fraction of sp³-hybridized carbons (Fsp3) is 0.267. The second kappa shape index (κ2) is 6.39. The lowest BCUT2D eigenvalue weighted by atomic mass is 10.1. The van der Waals surface area contributed by atoms with Crippen molar-refractivity contribution in [1.82, 2.24) is 9.88 Å². The molecule has 0 aliphatic rings. The van der Waals surface area contributed by atoms with E-state index >= 15 is 0 Å². The maximum atomic E-state index is 13.7. The summed E-state index contributed by atoms with van der Waals surface area (Å²) >= 11 is 3.32. The van der Waals surface area contributed by atoms with Gasteiger partial charge in [0.15, 0.2) is 0 Å². The van der Waals surface area contributed by atoms with E-state index in [4.69, 9.17) is 0 Å². The van der Waals surface area contributed by atoms with Crippen LogP contribution in [0, 0.1) is 11.6 Å². The number of hydrogen-bond acceptors (Lipinski definition) is 1. The Morgan fingerprint density at radius 3 is 2.71 bits per heavy atom. The summed E-state index contributed by atoms with van der Waals surface area (Å²) in [6.45, 7) is 4.22. The van der Waals surface area contributed by atoms with E-state index in [1.54, 1.807) is 23.8 Å². The van der Waals surface area contributed by atoms with E-state index in [1.165, 1.54) is 12.1 Å². The van der Waals surface area contributed by atoms with Crippen LogP contribution in [0.15, 0.2) is 34.9 Å². The fourth-order valence-corrected chi connectivity index (χ4v) is 2.59. The summed E-state index contributed by atoms with van der Waals surface area (Å²) in [5.41, 5.74) is 0.733. The van der Waals surface area contributed by atoms with Crippen molar-refractivity contribution in [3.63, 3.8) is 0 Å². The van der Waals surface area contributed by atoms with Crippen LogP contribution in [0.1, 0.15) is 35.9 Å². The summed E-state index contributed by atoms with van der Waals surface area (Å²) < 4.78 is 29.2. The molecule has 3 nitrogen and oxygen atoms in total. The third-order valence-corrected chi connectivity index (χ3v) is 3.65. The van der Waals surface area contributed by atoms with Gasteiger partial charge in [0, 0.05) is 28.8 Å². The molecule has 1 aromatic carbocycles. The number of carbonyl (C=O) groups excluding carboxylic acids is 1. The molecular weight excluding hydrogens is 342 g/mol. The fourth-order valence-electron chi connectivity index (χ4n) is 2.13. The molecule has 1 N–H and O–H groups in total. The Labute approximate surface area is 130 Å². The van der Waals surface area contributed by atoms with Gasteiger partial charge >= 0.3 is 0 Å². The molecular formula is C15H15BrF2N2O. The highest BCUT2D eigenvalue weighted by Gasteiger charge is 2.18. The Bertz CT molecular complexity index is 670. The van der Waals surface area contributed by atoms with Crippen LogP contribution in [0.3, 0.4) is 0 Å². The van der Waals surface area contributed by atoms with Gasteiger partial charge < -0.3 is 9.88 Å². The molecule has 0 saturated carbocycles. The summed E-state index contributed by atoms with van der Waals surface area (Å²) in [5.74, 6) is -1.62. The van der Waals surface area contributed by atoms with Crippen LogP contribution in [0.5, 0.6) is 0 Å². The summed E-state index contributed by atoms with van der Waals surface area (Å²) in [4.78, 5) is 12.3. The lowest BCUT2D eigenvalue weighted by Gasteiger charge is -2.16. The Balaban J connectivity index is 2.18. The van der Waals surface area contributed by atoms with Crippen molar-refractivity contribution in [2.75, 3.05) is 0 Å². The second-order valence-corrected chi connectivity index (χ2v) is 5.61. The minimum atomic E-state index is -0.671. The summed E-state index contributed by atoms with van der Waals surface area (Å²) in [5, 5.41) is 2.72. The van der Waals surface area contributed by atoms with E-state index in [1.807, 2.05) is 6.92 Å². The molecule has 1 atom stereocenters. The molecule has 0 fully saturated rings.